The van der Waals surface area contributed by atoms with Crippen LogP contribution in [0.4, 0.5) is 15.8 Å². The fourth-order valence-electron chi connectivity index (χ4n) is 3.89. The van der Waals surface area contributed by atoms with Crippen LogP contribution < -0.4 is 10.6 Å². The van der Waals surface area contributed by atoms with Gasteiger partial charge in [0.25, 0.3) is 0 Å². The molecule has 0 unspecified atom stereocenters. The van der Waals surface area contributed by atoms with Crippen LogP contribution >= 0.6 is 0 Å². The third kappa shape index (κ3) is 3.27. The van der Waals surface area contributed by atoms with E-state index < -0.39 is 5.82 Å². The zero-order chi connectivity index (χ0) is 20.7. The highest BCUT2D eigenvalue weighted by Crippen LogP contribution is 2.31. The monoisotopic (exact) mass is 402 g/mol. The van der Waals surface area contributed by atoms with Crippen LogP contribution in [0.2, 0.25) is 0 Å². The summed E-state index contributed by atoms with van der Waals surface area (Å²) >= 11 is 0. The molecule has 2 aromatic heterocycles. The van der Waals surface area contributed by atoms with Gasteiger partial charge in [0.15, 0.2) is 5.82 Å². The zero-order valence-electron chi connectivity index (χ0n) is 16.8. The summed E-state index contributed by atoms with van der Waals surface area (Å²) in [5, 5.41) is 7.49. The molecular formula is C23H23FN6. The first kappa shape index (κ1) is 18.6. The number of piperazine rings is 1. The number of nitrogens with zero attached hydrogens (tertiary/aromatic N) is 4. The van der Waals surface area contributed by atoms with Gasteiger partial charge < -0.3 is 15.5 Å². The van der Waals surface area contributed by atoms with Gasteiger partial charge >= 0.3 is 0 Å². The topological polar surface area (TPSA) is 74.1 Å². The van der Waals surface area contributed by atoms with Crippen LogP contribution in [-0.4, -0.2) is 53.3 Å². The van der Waals surface area contributed by atoms with Gasteiger partial charge in [0, 0.05) is 43.0 Å². The molecule has 1 saturated heterocycles. The fourth-order valence-corrected chi connectivity index (χ4v) is 3.89. The number of hydrogen-bond acceptors (Lipinski definition) is 5. The lowest BCUT2D eigenvalue weighted by molar-refractivity contribution is 0.313. The molecule has 1 aliphatic rings. The molecular weight excluding hydrogens is 379 g/mol. The van der Waals surface area contributed by atoms with E-state index in [1.165, 1.54) is 5.69 Å². The SMILES string of the molecule is CN1CCN(c2ccc(-c3n[nH]c4ccc(-c5cccc(N)c5F)nc34)cc2)CC1. The van der Waals surface area contributed by atoms with E-state index in [-0.39, 0.29) is 5.69 Å². The Morgan fingerprint density at radius 1 is 0.967 bits per heavy atom. The van der Waals surface area contributed by atoms with Crippen molar-refractivity contribution in [2.45, 2.75) is 0 Å². The smallest absolute Gasteiger partial charge is 0.155 e. The molecule has 0 radical (unpaired) electrons. The number of benzene rings is 2. The van der Waals surface area contributed by atoms with Crippen molar-refractivity contribution in [1.29, 1.82) is 0 Å². The van der Waals surface area contributed by atoms with Gasteiger partial charge in [-0.2, -0.15) is 5.10 Å². The van der Waals surface area contributed by atoms with E-state index in [4.69, 9.17) is 10.7 Å². The number of rotatable bonds is 3. The molecule has 3 heterocycles. The minimum absolute atomic E-state index is 0.112. The molecule has 0 aliphatic carbocycles. The highest BCUT2D eigenvalue weighted by Gasteiger charge is 2.16. The van der Waals surface area contributed by atoms with Gasteiger partial charge in [0.2, 0.25) is 0 Å². The van der Waals surface area contributed by atoms with Crippen LogP contribution in [-0.2, 0) is 0 Å². The average molecular weight is 402 g/mol. The molecule has 7 heteroatoms. The molecule has 0 spiro atoms. The van der Waals surface area contributed by atoms with E-state index in [0.717, 1.165) is 43.0 Å². The number of aromatic amines is 1. The largest absolute Gasteiger partial charge is 0.396 e. The molecule has 6 nitrogen and oxygen atoms in total. The van der Waals surface area contributed by atoms with Gasteiger partial charge in [-0.3, -0.25) is 5.10 Å². The number of nitrogens with one attached hydrogen (secondary N) is 1. The average Bonchev–Trinajstić information content (AvgIpc) is 3.20. The van der Waals surface area contributed by atoms with Crippen LogP contribution in [0.15, 0.2) is 54.6 Å². The van der Waals surface area contributed by atoms with Gasteiger partial charge in [-0.15, -0.1) is 0 Å². The van der Waals surface area contributed by atoms with Gasteiger partial charge in [0.05, 0.1) is 16.9 Å². The highest BCUT2D eigenvalue weighted by molar-refractivity contribution is 5.91. The number of nitrogen functional groups attached to an aromatic ring is 1. The number of halogens is 1. The molecule has 0 saturated carbocycles. The Morgan fingerprint density at radius 3 is 2.50 bits per heavy atom. The molecule has 5 rings (SSSR count). The quantitative estimate of drug-likeness (QED) is 0.511. The summed E-state index contributed by atoms with van der Waals surface area (Å²) in [5.74, 6) is -0.453. The summed E-state index contributed by atoms with van der Waals surface area (Å²) in [7, 11) is 2.15. The Labute approximate surface area is 174 Å². The standard InChI is InChI=1S/C23H23FN6/c1-29-11-13-30(14-12-29)16-7-5-15(6-8-16)22-23-20(27-28-22)10-9-19(26-23)17-3-2-4-18(25)21(17)24/h2-10H,11-14,25H2,1H3,(H,27,28). The number of hydrogen-bond donors (Lipinski definition) is 2. The Hall–Kier alpha value is -3.45. The van der Waals surface area contributed by atoms with Crippen LogP contribution in [0.3, 0.4) is 0 Å². The van der Waals surface area contributed by atoms with Crippen molar-refractivity contribution in [3.63, 3.8) is 0 Å². The maximum Gasteiger partial charge on any atom is 0.155 e. The second-order valence-electron chi connectivity index (χ2n) is 7.71. The van der Waals surface area contributed by atoms with Gasteiger partial charge in [0.1, 0.15) is 11.2 Å². The number of fused-ring (bicyclic) bond motifs is 1. The molecule has 1 fully saturated rings. The third-order valence-electron chi connectivity index (χ3n) is 5.72. The highest BCUT2D eigenvalue weighted by atomic mass is 19.1. The van der Waals surface area contributed by atoms with Crippen molar-refractivity contribution in [1.82, 2.24) is 20.1 Å². The molecule has 0 atom stereocenters. The lowest BCUT2D eigenvalue weighted by Gasteiger charge is -2.34. The number of likely N-dealkylation sites (N-methyl/N-ethyl adjacent to an activating group) is 1. The van der Waals surface area contributed by atoms with Crippen molar-refractivity contribution in [2.24, 2.45) is 0 Å². The Kier molecular flexibility index (Phi) is 4.59. The maximum absolute atomic E-state index is 14.5. The van der Waals surface area contributed by atoms with Gasteiger partial charge in [-0.25, -0.2) is 9.37 Å². The normalized spacial score (nSPS) is 15.1. The number of H-pyrrole nitrogens is 1. The number of aromatic nitrogens is 3. The van der Waals surface area contributed by atoms with Crippen molar-refractivity contribution in [2.75, 3.05) is 43.9 Å². The summed E-state index contributed by atoms with van der Waals surface area (Å²) in [6.45, 7) is 4.19. The summed E-state index contributed by atoms with van der Waals surface area (Å²) in [6.07, 6.45) is 0. The van der Waals surface area contributed by atoms with E-state index in [2.05, 4.69) is 51.3 Å². The zero-order valence-corrected chi connectivity index (χ0v) is 16.8. The summed E-state index contributed by atoms with van der Waals surface area (Å²) in [4.78, 5) is 9.43. The number of anilines is 2. The van der Waals surface area contributed by atoms with E-state index in [1.54, 1.807) is 24.3 Å². The van der Waals surface area contributed by atoms with Crippen LogP contribution in [0.25, 0.3) is 33.5 Å². The van der Waals surface area contributed by atoms with E-state index >= 15 is 0 Å². The first-order valence-electron chi connectivity index (χ1n) is 10.0. The molecule has 4 aromatic rings. The minimum Gasteiger partial charge on any atom is -0.396 e. The predicted molar refractivity (Wildman–Crippen MR) is 119 cm³/mol. The van der Waals surface area contributed by atoms with Crippen molar-refractivity contribution < 1.29 is 4.39 Å². The van der Waals surface area contributed by atoms with E-state index in [1.807, 2.05) is 6.07 Å². The van der Waals surface area contributed by atoms with E-state index in [0.29, 0.717) is 16.8 Å². The second kappa shape index (κ2) is 7.42. The van der Waals surface area contributed by atoms with Crippen molar-refractivity contribution in [3.05, 3.63) is 60.4 Å². The van der Waals surface area contributed by atoms with Crippen LogP contribution in [0, 0.1) is 5.82 Å². The molecule has 2 aromatic carbocycles. The third-order valence-corrected chi connectivity index (χ3v) is 5.72. The fraction of sp³-hybridized carbons (Fsp3) is 0.217. The Bertz CT molecular complexity index is 1190. The summed E-state index contributed by atoms with van der Waals surface area (Å²) in [5.41, 5.74) is 11.2. The first-order valence-corrected chi connectivity index (χ1v) is 10.0. The molecule has 1 aliphatic heterocycles. The number of nitrogens with two attached hydrogens (primary N) is 1. The molecule has 152 valence electrons. The maximum atomic E-state index is 14.5. The summed E-state index contributed by atoms with van der Waals surface area (Å²) < 4.78 is 14.5. The van der Waals surface area contributed by atoms with Crippen molar-refractivity contribution >= 4 is 22.4 Å². The minimum atomic E-state index is -0.453. The second-order valence-corrected chi connectivity index (χ2v) is 7.71. The lowest BCUT2D eigenvalue weighted by atomic mass is 10.1. The Balaban J connectivity index is 1.49. The molecule has 0 bridgehead atoms. The molecule has 3 N–H and O–H groups in total. The summed E-state index contributed by atoms with van der Waals surface area (Å²) in [6, 6.07) is 17.0. The lowest BCUT2D eigenvalue weighted by Crippen LogP contribution is -2.44. The predicted octanol–water partition coefficient (Wildman–Crippen LogP) is 3.77. The molecule has 0 amide bonds. The number of pyridine rings is 1. The van der Waals surface area contributed by atoms with Crippen LogP contribution in [0.5, 0.6) is 0 Å². The Morgan fingerprint density at radius 2 is 1.73 bits per heavy atom. The first-order chi connectivity index (χ1) is 14.6. The van der Waals surface area contributed by atoms with Gasteiger partial charge in [-0.05, 0) is 43.4 Å². The van der Waals surface area contributed by atoms with E-state index in [9.17, 15) is 4.39 Å². The molecule has 30 heavy (non-hydrogen) atoms. The van der Waals surface area contributed by atoms with Gasteiger partial charge in [-0.1, -0.05) is 18.2 Å². The van der Waals surface area contributed by atoms with Crippen molar-refractivity contribution in [3.8, 4) is 22.5 Å². The van der Waals surface area contributed by atoms with Crippen LogP contribution in [0.1, 0.15) is 0 Å².